The molecule has 1 aromatic carbocycles. The van der Waals surface area contributed by atoms with Crippen LogP contribution in [-0.4, -0.2) is 16.5 Å². The lowest BCUT2D eigenvalue weighted by atomic mass is 10.3. The number of benzene rings is 1. The first kappa shape index (κ1) is 13.5. The number of hydrogen-bond acceptors (Lipinski definition) is 4. The molecule has 0 unspecified atom stereocenters. The normalized spacial score (nSPS) is 10.3. The molecular formula is C13H13ClFN3O. The molecule has 0 radical (unpaired) electrons. The predicted molar refractivity (Wildman–Crippen MR) is 72.3 cm³/mol. The molecule has 0 amide bonds. The van der Waals surface area contributed by atoms with Crippen LogP contribution >= 0.6 is 11.6 Å². The highest BCUT2D eigenvalue weighted by molar-refractivity contribution is 6.31. The van der Waals surface area contributed by atoms with Crippen LogP contribution < -0.4 is 10.1 Å². The number of anilines is 1. The molecule has 2 rings (SSSR count). The van der Waals surface area contributed by atoms with Crippen molar-refractivity contribution in [2.75, 3.05) is 11.9 Å². The molecule has 0 spiro atoms. The zero-order chi connectivity index (χ0) is 13.7. The van der Waals surface area contributed by atoms with Crippen LogP contribution in [0, 0.1) is 5.82 Å². The van der Waals surface area contributed by atoms with E-state index < -0.39 is 0 Å². The number of rotatable bonds is 5. The van der Waals surface area contributed by atoms with Gasteiger partial charge in [-0.05, 0) is 18.6 Å². The maximum atomic E-state index is 13.1. The quantitative estimate of drug-likeness (QED) is 0.903. The van der Waals surface area contributed by atoms with Gasteiger partial charge in [0, 0.05) is 12.6 Å². The maximum absolute atomic E-state index is 13.1. The van der Waals surface area contributed by atoms with Gasteiger partial charge in [-0.1, -0.05) is 24.6 Å². The Kier molecular flexibility index (Phi) is 4.52. The van der Waals surface area contributed by atoms with Crippen LogP contribution in [0.2, 0.25) is 5.02 Å². The Labute approximate surface area is 115 Å². The average molecular weight is 282 g/mol. The van der Waals surface area contributed by atoms with Gasteiger partial charge in [-0.2, -0.15) is 4.98 Å². The monoisotopic (exact) mass is 281 g/mol. The summed E-state index contributed by atoms with van der Waals surface area (Å²) in [6, 6.07) is 5.77. The fourth-order valence-electron chi connectivity index (χ4n) is 1.39. The number of hydrogen-bond donors (Lipinski definition) is 1. The maximum Gasteiger partial charge on any atom is 0.243 e. The smallest absolute Gasteiger partial charge is 0.243 e. The number of nitrogens with zero attached hydrogens (tertiary/aromatic N) is 2. The van der Waals surface area contributed by atoms with E-state index in [1.165, 1.54) is 18.3 Å². The molecule has 1 heterocycles. The molecule has 0 bridgehead atoms. The van der Waals surface area contributed by atoms with E-state index in [0.717, 1.165) is 13.0 Å². The lowest BCUT2D eigenvalue weighted by Gasteiger charge is -2.08. The van der Waals surface area contributed by atoms with Crippen molar-refractivity contribution in [1.82, 2.24) is 9.97 Å². The van der Waals surface area contributed by atoms with Crippen LogP contribution in [0.25, 0.3) is 0 Å². The number of nitrogens with one attached hydrogen (secondary N) is 1. The van der Waals surface area contributed by atoms with Gasteiger partial charge in [0.25, 0.3) is 0 Å². The molecule has 0 saturated carbocycles. The molecule has 0 fully saturated rings. The highest BCUT2D eigenvalue weighted by Crippen LogP contribution is 2.27. The third kappa shape index (κ3) is 3.79. The average Bonchev–Trinajstić information content (AvgIpc) is 2.40. The highest BCUT2D eigenvalue weighted by atomic mass is 35.5. The molecule has 1 N–H and O–H groups in total. The summed E-state index contributed by atoms with van der Waals surface area (Å²) in [6.07, 6.45) is 2.40. The Bertz CT molecular complexity index is 565. The zero-order valence-electron chi connectivity index (χ0n) is 10.4. The van der Waals surface area contributed by atoms with Crippen molar-refractivity contribution < 1.29 is 9.13 Å². The van der Waals surface area contributed by atoms with Gasteiger partial charge >= 0.3 is 0 Å². The molecule has 2 aromatic rings. The van der Waals surface area contributed by atoms with E-state index in [-0.39, 0.29) is 16.7 Å². The fraction of sp³-hybridized carbons (Fsp3) is 0.231. The Morgan fingerprint density at radius 2 is 2.26 bits per heavy atom. The van der Waals surface area contributed by atoms with Crippen LogP contribution in [0.4, 0.5) is 10.3 Å². The molecule has 6 heteroatoms. The third-order valence-corrected chi connectivity index (χ3v) is 2.51. The summed E-state index contributed by atoms with van der Waals surface area (Å²) in [6.45, 7) is 2.79. The minimum Gasteiger partial charge on any atom is -0.437 e. The Hall–Kier alpha value is -1.88. The van der Waals surface area contributed by atoms with Gasteiger partial charge in [0.2, 0.25) is 11.8 Å². The van der Waals surface area contributed by atoms with Crippen LogP contribution in [0.15, 0.2) is 30.5 Å². The summed E-state index contributed by atoms with van der Waals surface area (Å²) in [4.78, 5) is 8.16. The molecule has 0 aliphatic rings. The minimum atomic E-state index is -0.382. The first-order valence-electron chi connectivity index (χ1n) is 5.89. The summed E-state index contributed by atoms with van der Waals surface area (Å²) in [7, 11) is 0. The van der Waals surface area contributed by atoms with Crippen LogP contribution in [0.5, 0.6) is 11.6 Å². The highest BCUT2D eigenvalue weighted by Gasteiger charge is 2.08. The topological polar surface area (TPSA) is 47.0 Å². The van der Waals surface area contributed by atoms with Crippen molar-refractivity contribution in [3.63, 3.8) is 0 Å². The molecule has 0 saturated heterocycles. The van der Waals surface area contributed by atoms with E-state index in [4.69, 9.17) is 16.3 Å². The van der Waals surface area contributed by atoms with Gasteiger partial charge in [-0.3, -0.25) is 0 Å². The molecule has 0 atom stereocenters. The van der Waals surface area contributed by atoms with E-state index in [9.17, 15) is 4.39 Å². The van der Waals surface area contributed by atoms with E-state index in [1.807, 2.05) is 6.92 Å². The van der Waals surface area contributed by atoms with E-state index >= 15 is 0 Å². The first-order chi connectivity index (χ1) is 9.19. The molecule has 4 nitrogen and oxygen atoms in total. The standard InChI is InChI=1S/C13H13ClFN3O/c1-2-6-16-13-17-8-11(14)12(18-13)19-10-5-3-4-9(15)7-10/h3-5,7-8H,2,6H2,1H3,(H,16,17,18). The molecule has 100 valence electrons. The van der Waals surface area contributed by atoms with E-state index in [0.29, 0.717) is 11.7 Å². The zero-order valence-corrected chi connectivity index (χ0v) is 11.1. The lowest BCUT2D eigenvalue weighted by Crippen LogP contribution is -2.04. The second kappa shape index (κ2) is 6.33. The molecular weight excluding hydrogens is 269 g/mol. The fourth-order valence-corrected chi connectivity index (χ4v) is 1.52. The second-order valence-electron chi connectivity index (χ2n) is 3.83. The second-order valence-corrected chi connectivity index (χ2v) is 4.24. The Morgan fingerprint density at radius 1 is 1.42 bits per heavy atom. The Morgan fingerprint density at radius 3 is 3.00 bits per heavy atom. The van der Waals surface area contributed by atoms with Crippen molar-refractivity contribution in [2.24, 2.45) is 0 Å². The molecule has 19 heavy (non-hydrogen) atoms. The van der Waals surface area contributed by atoms with Gasteiger partial charge < -0.3 is 10.1 Å². The summed E-state index contributed by atoms with van der Waals surface area (Å²) < 4.78 is 18.5. The van der Waals surface area contributed by atoms with Crippen molar-refractivity contribution >= 4 is 17.5 Å². The predicted octanol–water partition coefficient (Wildman–Crippen LogP) is 3.88. The van der Waals surface area contributed by atoms with Gasteiger partial charge in [-0.15, -0.1) is 0 Å². The summed E-state index contributed by atoms with van der Waals surface area (Å²) in [5.41, 5.74) is 0. The SMILES string of the molecule is CCCNc1ncc(Cl)c(Oc2cccc(F)c2)n1. The summed E-state index contributed by atoms with van der Waals surface area (Å²) in [5, 5.41) is 3.29. The van der Waals surface area contributed by atoms with Crippen molar-refractivity contribution in [3.05, 3.63) is 41.3 Å². The summed E-state index contributed by atoms with van der Waals surface area (Å²) in [5.74, 6) is 0.576. The van der Waals surface area contributed by atoms with Gasteiger partial charge in [0.1, 0.15) is 16.6 Å². The van der Waals surface area contributed by atoms with Crippen LogP contribution in [-0.2, 0) is 0 Å². The molecule has 0 aliphatic heterocycles. The first-order valence-corrected chi connectivity index (χ1v) is 6.26. The van der Waals surface area contributed by atoms with Crippen molar-refractivity contribution in [3.8, 4) is 11.6 Å². The largest absolute Gasteiger partial charge is 0.437 e. The lowest BCUT2D eigenvalue weighted by molar-refractivity contribution is 0.458. The van der Waals surface area contributed by atoms with Crippen molar-refractivity contribution in [1.29, 1.82) is 0 Å². The summed E-state index contributed by atoms with van der Waals surface area (Å²) >= 11 is 5.95. The third-order valence-electron chi connectivity index (χ3n) is 2.26. The van der Waals surface area contributed by atoms with Gasteiger partial charge in [0.05, 0.1) is 6.20 Å². The van der Waals surface area contributed by atoms with E-state index in [2.05, 4.69) is 15.3 Å². The minimum absolute atomic E-state index is 0.195. The van der Waals surface area contributed by atoms with Crippen LogP contribution in [0.1, 0.15) is 13.3 Å². The number of halogens is 2. The number of aromatic nitrogens is 2. The van der Waals surface area contributed by atoms with Crippen LogP contribution in [0.3, 0.4) is 0 Å². The van der Waals surface area contributed by atoms with Gasteiger partial charge in [-0.25, -0.2) is 9.37 Å². The van der Waals surface area contributed by atoms with Gasteiger partial charge in [0.15, 0.2) is 0 Å². The number of ether oxygens (including phenoxy) is 1. The van der Waals surface area contributed by atoms with E-state index in [1.54, 1.807) is 12.1 Å². The molecule has 1 aromatic heterocycles. The van der Waals surface area contributed by atoms with Crippen molar-refractivity contribution in [2.45, 2.75) is 13.3 Å². The Balaban J connectivity index is 2.19. The molecule has 0 aliphatic carbocycles.